The maximum Gasteiger partial charge on any atom is 0.275 e. The van der Waals surface area contributed by atoms with Crippen molar-refractivity contribution in [1.82, 2.24) is 9.97 Å². The molecule has 2 aromatic rings. The molecule has 9 heteroatoms. The number of thioether (sulfide) groups is 1. The van der Waals surface area contributed by atoms with E-state index in [1.807, 2.05) is 6.92 Å². The zero-order valence-corrected chi connectivity index (χ0v) is 16.8. The molecule has 0 saturated carbocycles. The minimum atomic E-state index is -0.831. The lowest BCUT2D eigenvalue weighted by atomic mass is 9.79. The zero-order valence-electron chi connectivity index (χ0n) is 16.0. The summed E-state index contributed by atoms with van der Waals surface area (Å²) in [7, 11) is 1.47. The lowest BCUT2D eigenvalue weighted by molar-refractivity contribution is 0.102. The van der Waals surface area contributed by atoms with Gasteiger partial charge < -0.3 is 15.8 Å². The van der Waals surface area contributed by atoms with Crippen LogP contribution in [0.25, 0.3) is 0 Å². The van der Waals surface area contributed by atoms with Crippen LogP contribution in [0.3, 0.4) is 0 Å². The Morgan fingerprint density at radius 1 is 1.38 bits per heavy atom. The molecule has 2 atom stereocenters. The number of aromatic nitrogens is 2. The molecule has 2 unspecified atom stereocenters. The Labute approximate surface area is 171 Å². The molecule has 0 bridgehead atoms. The predicted octanol–water partition coefficient (Wildman–Crippen LogP) is 3.45. The number of amides is 1. The topological polar surface area (TPSA) is 102 Å². The molecule has 1 aliphatic carbocycles. The van der Waals surface area contributed by atoms with Crippen LogP contribution in [0.1, 0.15) is 35.8 Å². The molecule has 4 rings (SSSR count). The molecular weight excluding hydrogens is 393 g/mol. The molecular formula is C20H20FN5O2S. The number of aliphatic imine (C=N–C) groups is 1. The molecule has 7 nitrogen and oxygen atoms in total. The van der Waals surface area contributed by atoms with Crippen LogP contribution in [0.5, 0.6) is 5.88 Å². The number of hydrogen-bond donors (Lipinski definition) is 2. The van der Waals surface area contributed by atoms with Crippen LogP contribution in [0, 0.1) is 11.7 Å². The van der Waals surface area contributed by atoms with E-state index in [-0.39, 0.29) is 17.4 Å². The Kier molecular flexibility index (Phi) is 4.99. The summed E-state index contributed by atoms with van der Waals surface area (Å²) in [6, 6.07) is 4.46. The van der Waals surface area contributed by atoms with Gasteiger partial charge in [-0.3, -0.25) is 9.79 Å². The summed E-state index contributed by atoms with van der Waals surface area (Å²) in [6.07, 6.45) is 6.61. The van der Waals surface area contributed by atoms with Gasteiger partial charge in [-0.05, 0) is 42.9 Å². The Bertz CT molecular complexity index is 1020. The molecule has 1 amide bonds. The maximum atomic E-state index is 14.8. The van der Waals surface area contributed by atoms with Gasteiger partial charge in [0, 0.05) is 17.2 Å². The molecule has 3 N–H and O–H groups in total. The van der Waals surface area contributed by atoms with Gasteiger partial charge in [-0.15, -0.1) is 0 Å². The fourth-order valence-corrected chi connectivity index (χ4v) is 4.94. The number of allylic oxidation sites excluding steroid dienone is 1. The van der Waals surface area contributed by atoms with Crippen molar-refractivity contribution >= 4 is 28.5 Å². The average Bonchev–Trinajstić information content (AvgIpc) is 3.18. The lowest BCUT2D eigenvalue weighted by Gasteiger charge is -2.37. The molecule has 29 heavy (non-hydrogen) atoms. The molecule has 0 saturated heterocycles. The highest BCUT2D eigenvalue weighted by Crippen LogP contribution is 2.51. The molecule has 0 radical (unpaired) electrons. The molecule has 2 aliphatic rings. The molecule has 1 aromatic heterocycles. The third-order valence-corrected chi connectivity index (χ3v) is 6.21. The first-order chi connectivity index (χ1) is 13.9. The summed E-state index contributed by atoms with van der Waals surface area (Å²) in [5.41, 5.74) is 6.17. The number of methoxy groups -OCH3 is 1. The molecule has 1 aromatic carbocycles. The van der Waals surface area contributed by atoms with Crippen molar-refractivity contribution < 1.29 is 13.9 Å². The second kappa shape index (κ2) is 7.47. The Morgan fingerprint density at radius 2 is 2.21 bits per heavy atom. The van der Waals surface area contributed by atoms with Crippen LogP contribution in [0.15, 0.2) is 46.6 Å². The van der Waals surface area contributed by atoms with Crippen LogP contribution in [0.4, 0.5) is 10.1 Å². The largest absolute Gasteiger partial charge is 0.480 e. The third kappa shape index (κ3) is 3.57. The van der Waals surface area contributed by atoms with Gasteiger partial charge in [0.05, 0.1) is 25.0 Å². The van der Waals surface area contributed by atoms with Gasteiger partial charge in [-0.25, -0.2) is 14.4 Å². The van der Waals surface area contributed by atoms with Crippen molar-refractivity contribution in [1.29, 1.82) is 0 Å². The smallest absolute Gasteiger partial charge is 0.275 e. The summed E-state index contributed by atoms with van der Waals surface area (Å²) >= 11 is 1.45. The lowest BCUT2D eigenvalue weighted by Crippen LogP contribution is -2.36. The number of halogens is 1. The van der Waals surface area contributed by atoms with Gasteiger partial charge in [-0.1, -0.05) is 17.8 Å². The average molecular weight is 413 g/mol. The van der Waals surface area contributed by atoms with Crippen molar-refractivity contribution in [3.05, 3.63) is 58.6 Å². The number of carbonyl (C=O) groups is 1. The monoisotopic (exact) mass is 413 g/mol. The molecule has 0 fully saturated rings. The van der Waals surface area contributed by atoms with Gasteiger partial charge in [0.2, 0.25) is 5.88 Å². The Hall–Kier alpha value is -2.94. The normalized spacial score (nSPS) is 23.1. The second-order valence-corrected chi connectivity index (χ2v) is 8.12. The van der Waals surface area contributed by atoms with E-state index in [4.69, 9.17) is 10.5 Å². The number of rotatable bonds is 4. The summed E-state index contributed by atoms with van der Waals surface area (Å²) < 4.78 is 19.8. The number of nitrogens with two attached hydrogens (primary N) is 1. The van der Waals surface area contributed by atoms with Crippen molar-refractivity contribution in [2.24, 2.45) is 16.6 Å². The maximum absolute atomic E-state index is 14.8. The number of nitrogens with one attached hydrogen (secondary N) is 1. The van der Waals surface area contributed by atoms with Crippen molar-refractivity contribution in [3.8, 4) is 5.88 Å². The fourth-order valence-electron chi connectivity index (χ4n) is 3.77. The predicted molar refractivity (Wildman–Crippen MR) is 110 cm³/mol. The van der Waals surface area contributed by atoms with Crippen LogP contribution in [-0.2, 0) is 5.54 Å². The number of nitrogens with zero attached hydrogens (tertiary/aromatic N) is 3. The minimum absolute atomic E-state index is 0.0627. The minimum Gasteiger partial charge on any atom is -0.480 e. The van der Waals surface area contributed by atoms with E-state index in [2.05, 4.69) is 26.4 Å². The standard InChI is InChI=1S/C20H20FN5O2S/c1-20(12-4-3-5-16(12)29-19(22)26-20)13-8-11(6-7-14(13)21)25-18(27)15-9-24-17(28-2)10-23-15/h5-10,12H,3-4H2,1-2H3,(H2,22,26)(H,25,27). The van der Waals surface area contributed by atoms with E-state index in [1.54, 1.807) is 6.07 Å². The SMILES string of the molecule is COc1cnc(C(=O)Nc2ccc(F)c(C3(C)N=C(N)SC4=CCCC43)c2)cn1. The number of fused-ring (bicyclic) bond motifs is 1. The summed E-state index contributed by atoms with van der Waals surface area (Å²) in [4.78, 5) is 26.2. The van der Waals surface area contributed by atoms with E-state index in [0.717, 1.165) is 17.7 Å². The first-order valence-electron chi connectivity index (χ1n) is 9.11. The van der Waals surface area contributed by atoms with Gasteiger partial charge in [0.1, 0.15) is 11.5 Å². The van der Waals surface area contributed by atoms with Gasteiger partial charge >= 0.3 is 0 Å². The third-order valence-electron chi connectivity index (χ3n) is 5.23. The number of anilines is 1. The van der Waals surface area contributed by atoms with Crippen molar-refractivity contribution in [3.63, 3.8) is 0 Å². The van der Waals surface area contributed by atoms with Gasteiger partial charge in [-0.2, -0.15) is 0 Å². The van der Waals surface area contributed by atoms with Crippen molar-refractivity contribution in [2.75, 3.05) is 12.4 Å². The Balaban J connectivity index is 1.65. The highest BCUT2D eigenvalue weighted by atomic mass is 32.2. The van der Waals surface area contributed by atoms with Gasteiger partial charge in [0.15, 0.2) is 5.17 Å². The molecule has 1 aliphatic heterocycles. The van der Waals surface area contributed by atoms with E-state index >= 15 is 0 Å². The molecule has 0 spiro atoms. The number of ether oxygens (including phenoxy) is 1. The van der Waals surface area contributed by atoms with E-state index in [0.29, 0.717) is 22.3 Å². The summed E-state index contributed by atoms with van der Waals surface area (Å²) in [5, 5.41) is 3.16. The Morgan fingerprint density at radius 3 is 2.93 bits per heavy atom. The first kappa shape index (κ1) is 19.4. The molecule has 150 valence electrons. The quantitative estimate of drug-likeness (QED) is 0.796. The van der Waals surface area contributed by atoms with Crippen LogP contribution in [0.2, 0.25) is 0 Å². The fraction of sp³-hybridized carbons (Fsp3) is 0.300. The number of amidine groups is 1. The van der Waals surface area contributed by atoms with Crippen LogP contribution < -0.4 is 15.8 Å². The number of carbonyl (C=O) groups excluding carboxylic acids is 1. The van der Waals surface area contributed by atoms with Gasteiger partial charge in [0.25, 0.3) is 5.91 Å². The summed E-state index contributed by atoms with van der Waals surface area (Å²) in [5.74, 6) is -0.465. The van der Waals surface area contributed by atoms with E-state index in [1.165, 1.54) is 43.4 Å². The van der Waals surface area contributed by atoms with Crippen LogP contribution >= 0.6 is 11.8 Å². The molecule has 2 heterocycles. The number of benzene rings is 1. The first-order valence-corrected chi connectivity index (χ1v) is 9.93. The zero-order chi connectivity index (χ0) is 20.6. The van der Waals surface area contributed by atoms with Crippen LogP contribution in [-0.4, -0.2) is 28.2 Å². The highest BCUT2D eigenvalue weighted by molar-refractivity contribution is 8.17. The number of hydrogen-bond acceptors (Lipinski definition) is 7. The summed E-state index contributed by atoms with van der Waals surface area (Å²) in [6.45, 7) is 1.89. The van der Waals surface area contributed by atoms with E-state index in [9.17, 15) is 9.18 Å². The van der Waals surface area contributed by atoms with Crippen molar-refractivity contribution in [2.45, 2.75) is 25.3 Å². The highest BCUT2D eigenvalue weighted by Gasteiger charge is 2.44. The van der Waals surface area contributed by atoms with E-state index < -0.39 is 11.4 Å². The second-order valence-electron chi connectivity index (χ2n) is 7.03.